The first-order chi connectivity index (χ1) is 12.5. The number of aromatic nitrogens is 2. The fraction of sp³-hybridized carbons (Fsp3) is 0.118. The lowest BCUT2D eigenvalue weighted by Crippen LogP contribution is -2.22. The van der Waals surface area contributed by atoms with E-state index in [1.807, 2.05) is 6.07 Å². The number of ether oxygens (including phenoxy) is 1. The van der Waals surface area contributed by atoms with Crippen LogP contribution in [0.5, 0.6) is 11.6 Å². The van der Waals surface area contributed by atoms with Crippen LogP contribution in [0.25, 0.3) is 0 Å². The maximum absolute atomic E-state index is 12.0. The van der Waals surface area contributed by atoms with Gasteiger partial charge in [0.1, 0.15) is 10.8 Å². The van der Waals surface area contributed by atoms with Gasteiger partial charge in [-0.15, -0.1) is 0 Å². The Morgan fingerprint density at radius 2 is 2.08 bits per heavy atom. The van der Waals surface area contributed by atoms with Crippen LogP contribution in [0.4, 0.5) is 11.5 Å². The molecule has 9 heteroatoms. The van der Waals surface area contributed by atoms with Crippen LogP contribution < -0.4 is 15.4 Å². The Morgan fingerprint density at radius 1 is 1.27 bits per heavy atom. The van der Waals surface area contributed by atoms with Crippen LogP contribution in [0, 0.1) is 6.92 Å². The second-order valence-corrected chi connectivity index (χ2v) is 6.11. The van der Waals surface area contributed by atoms with E-state index in [1.54, 1.807) is 31.2 Å². The number of halogens is 2. The molecule has 0 fully saturated rings. The number of hydrogen-bond donors (Lipinski definition) is 2. The number of pyridine rings is 1. The number of aryl methyl sites for hydroxylation is 1. The van der Waals surface area contributed by atoms with E-state index in [0.717, 1.165) is 0 Å². The van der Waals surface area contributed by atoms with Gasteiger partial charge in [0.05, 0.1) is 17.3 Å². The molecule has 0 saturated carbocycles. The second kappa shape index (κ2) is 8.07. The molecule has 134 valence electrons. The Hall–Kier alpha value is -2.77. The molecule has 0 unspecified atom stereocenters. The van der Waals surface area contributed by atoms with Gasteiger partial charge in [0.15, 0.2) is 11.6 Å². The zero-order valence-corrected chi connectivity index (χ0v) is 15.1. The molecule has 2 aromatic heterocycles. The van der Waals surface area contributed by atoms with Crippen molar-refractivity contribution in [2.75, 3.05) is 17.2 Å². The summed E-state index contributed by atoms with van der Waals surface area (Å²) in [6.07, 6.45) is 1.44. The first kappa shape index (κ1) is 18.0. The number of hydrogen-bond acceptors (Lipinski definition) is 6. The van der Waals surface area contributed by atoms with Crippen molar-refractivity contribution >= 4 is 40.6 Å². The molecule has 0 spiro atoms. The summed E-state index contributed by atoms with van der Waals surface area (Å²) < 4.78 is 10.6. The van der Waals surface area contributed by atoms with E-state index >= 15 is 0 Å². The number of para-hydroxylation sites is 2. The van der Waals surface area contributed by atoms with Gasteiger partial charge in [-0.1, -0.05) is 40.5 Å². The predicted octanol–water partition coefficient (Wildman–Crippen LogP) is 4.53. The quantitative estimate of drug-likeness (QED) is 0.640. The van der Waals surface area contributed by atoms with Gasteiger partial charge >= 0.3 is 0 Å². The van der Waals surface area contributed by atoms with Crippen molar-refractivity contribution in [2.24, 2.45) is 0 Å². The fourth-order valence-electron chi connectivity index (χ4n) is 2.07. The van der Waals surface area contributed by atoms with Gasteiger partial charge in [-0.25, -0.2) is 4.98 Å². The van der Waals surface area contributed by atoms with E-state index in [0.29, 0.717) is 28.0 Å². The molecule has 0 aliphatic heterocycles. The number of nitrogens with one attached hydrogen (secondary N) is 2. The third-order valence-electron chi connectivity index (χ3n) is 3.20. The largest absolute Gasteiger partial charge is 0.435 e. The molecule has 26 heavy (non-hydrogen) atoms. The number of anilines is 2. The minimum absolute atomic E-state index is 0.00800. The summed E-state index contributed by atoms with van der Waals surface area (Å²) in [5, 5.41) is 10.0. The molecular formula is C17H14Cl2N4O3. The number of rotatable bonds is 6. The normalized spacial score (nSPS) is 10.4. The highest BCUT2D eigenvalue weighted by Crippen LogP contribution is 2.33. The molecule has 1 aromatic carbocycles. The molecule has 1 amide bonds. The average molecular weight is 393 g/mol. The van der Waals surface area contributed by atoms with Crippen molar-refractivity contribution in [1.29, 1.82) is 0 Å². The van der Waals surface area contributed by atoms with E-state index in [4.69, 9.17) is 32.5 Å². The van der Waals surface area contributed by atoms with E-state index in [-0.39, 0.29) is 23.4 Å². The number of amides is 1. The van der Waals surface area contributed by atoms with Gasteiger partial charge in [0.25, 0.3) is 0 Å². The molecule has 0 saturated heterocycles. The van der Waals surface area contributed by atoms with E-state index in [2.05, 4.69) is 20.8 Å². The standard InChI is InChI=1S/C17H14Cl2N4O3/c1-10-6-15(23-26-10)22-16(24)9-20-13-4-2-3-5-14(13)25-17-12(19)7-11(18)8-21-17/h2-8,20H,9H2,1H3,(H,22,23,24). The second-order valence-electron chi connectivity index (χ2n) is 5.26. The van der Waals surface area contributed by atoms with Crippen LogP contribution in [-0.2, 0) is 4.79 Å². The lowest BCUT2D eigenvalue weighted by Gasteiger charge is -2.12. The van der Waals surface area contributed by atoms with Gasteiger partial charge in [-0.2, -0.15) is 0 Å². The number of nitrogens with zero attached hydrogens (tertiary/aromatic N) is 2. The summed E-state index contributed by atoms with van der Waals surface area (Å²) in [6, 6.07) is 10.3. The lowest BCUT2D eigenvalue weighted by molar-refractivity contribution is -0.114. The Bertz CT molecular complexity index is 930. The molecule has 0 bridgehead atoms. The van der Waals surface area contributed by atoms with E-state index in [1.165, 1.54) is 12.3 Å². The number of carbonyl (C=O) groups excluding carboxylic acids is 1. The summed E-state index contributed by atoms with van der Waals surface area (Å²) in [4.78, 5) is 16.1. The van der Waals surface area contributed by atoms with Gasteiger partial charge in [-0.05, 0) is 25.1 Å². The summed E-state index contributed by atoms with van der Waals surface area (Å²) in [5.74, 6) is 1.37. The first-order valence-electron chi connectivity index (χ1n) is 7.56. The summed E-state index contributed by atoms with van der Waals surface area (Å²) in [7, 11) is 0. The minimum Gasteiger partial charge on any atom is -0.435 e. The first-order valence-corrected chi connectivity index (χ1v) is 8.32. The van der Waals surface area contributed by atoms with Crippen molar-refractivity contribution in [3.8, 4) is 11.6 Å². The fourth-order valence-corrected chi connectivity index (χ4v) is 2.49. The smallest absolute Gasteiger partial charge is 0.244 e. The van der Waals surface area contributed by atoms with Gasteiger partial charge < -0.3 is 19.9 Å². The SMILES string of the molecule is Cc1cc(NC(=O)CNc2ccccc2Oc2ncc(Cl)cc2Cl)no1. The summed E-state index contributed by atoms with van der Waals surface area (Å²) in [5.41, 5.74) is 0.604. The van der Waals surface area contributed by atoms with Crippen molar-refractivity contribution in [3.05, 3.63) is 58.4 Å². The average Bonchev–Trinajstić information content (AvgIpc) is 3.01. The van der Waals surface area contributed by atoms with E-state index in [9.17, 15) is 4.79 Å². The van der Waals surface area contributed by atoms with Crippen LogP contribution in [-0.4, -0.2) is 22.6 Å². The highest BCUT2D eigenvalue weighted by molar-refractivity contribution is 6.35. The van der Waals surface area contributed by atoms with Crippen molar-refractivity contribution in [1.82, 2.24) is 10.1 Å². The monoisotopic (exact) mass is 392 g/mol. The molecule has 0 aliphatic carbocycles. The summed E-state index contributed by atoms with van der Waals surface area (Å²) in [6.45, 7) is 1.75. The minimum atomic E-state index is -0.282. The van der Waals surface area contributed by atoms with Crippen molar-refractivity contribution in [2.45, 2.75) is 6.92 Å². The predicted molar refractivity (Wildman–Crippen MR) is 99.1 cm³/mol. The number of carbonyl (C=O) groups is 1. The van der Waals surface area contributed by atoms with Gasteiger partial charge in [0, 0.05) is 12.3 Å². The molecule has 2 heterocycles. The van der Waals surface area contributed by atoms with Crippen molar-refractivity contribution < 1.29 is 14.1 Å². The topological polar surface area (TPSA) is 89.3 Å². The molecule has 7 nitrogen and oxygen atoms in total. The maximum Gasteiger partial charge on any atom is 0.244 e. The third-order valence-corrected chi connectivity index (χ3v) is 3.68. The Balaban J connectivity index is 1.66. The van der Waals surface area contributed by atoms with Gasteiger partial charge in [0.2, 0.25) is 11.8 Å². The zero-order chi connectivity index (χ0) is 18.5. The van der Waals surface area contributed by atoms with Crippen LogP contribution in [0.2, 0.25) is 10.0 Å². The third kappa shape index (κ3) is 4.65. The Morgan fingerprint density at radius 3 is 2.81 bits per heavy atom. The Kier molecular flexibility index (Phi) is 5.60. The van der Waals surface area contributed by atoms with Crippen LogP contribution >= 0.6 is 23.2 Å². The zero-order valence-electron chi connectivity index (χ0n) is 13.6. The molecular weight excluding hydrogens is 379 g/mol. The van der Waals surface area contributed by atoms with E-state index < -0.39 is 0 Å². The lowest BCUT2D eigenvalue weighted by atomic mass is 10.3. The Labute approximate surface area is 159 Å². The maximum atomic E-state index is 12.0. The summed E-state index contributed by atoms with van der Waals surface area (Å²) >= 11 is 11.9. The van der Waals surface area contributed by atoms with Crippen LogP contribution in [0.1, 0.15) is 5.76 Å². The van der Waals surface area contributed by atoms with Gasteiger partial charge in [-0.3, -0.25) is 4.79 Å². The molecule has 3 aromatic rings. The van der Waals surface area contributed by atoms with Crippen LogP contribution in [0.3, 0.4) is 0 Å². The molecule has 2 N–H and O–H groups in total. The highest BCUT2D eigenvalue weighted by atomic mass is 35.5. The molecule has 3 rings (SSSR count). The van der Waals surface area contributed by atoms with Crippen molar-refractivity contribution in [3.63, 3.8) is 0 Å². The molecule has 0 radical (unpaired) electrons. The number of benzene rings is 1. The molecule has 0 aliphatic rings. The molecule has 0 atom stereocenters. The highest BCUT2D eigenvalue weighted by Gasteiger charge is 2.11. The van der Waals surface area contributed by atoms with Crippen LogP contribution in [0.15, 0.2) is 47.1 Å².